The fourth-order valence-electron chi connectivity index (χ4n) is 3.36. The zero-order valence-corrected chi connectivity index (χ0v) is 22.6. The standard InChI is InChI=1S/C25H19Cl2NO7S2/c1-33-18-6-8-19(9-7-18)37(31,32)35-21-10-3-15(11-22(21)34-2)12-23-24(29)28(25(30)36-23)14-16-4-5-17(26)13-20(16)27/h3-13H,14H2,1-2H3/b23-12-. The number of imide groups is 1. The Kier molecular flexibility index (Phi) is 8.03. The number of hydrogen-bond donors (Lipinski definition) is 0. The molecule has 1 fully saturated rings. The van der Waals surface area contributed by atoms with Crippen molar-refractivity contribution in [2.75, 3.05) is 14.2 Å². The topological polar surface area (TPSA) is 99.2 Å². The maximum Gasteiger partial charge on any atom is 0.339 e. The van der Waals surface area contributed by atoms with Gasteiger partial charge in [0.05, 0.1) is 25.7 Å². The summed E-state index contributed by atoms with van der Waals surface area (Å²) >= 11 is 12.9. The molecule has 0 aliphatic carbocycles. The zero-order valence-electron chi connectivity index (χ0n) is 19.4. The van der Waals surface area contributed by atoms with Gasteiger partial charge in [0.2, 0.25) is 0 Å². The van der Waals surface area contributed by atoms with E-state index in [-0.39, 0.29) is 27.8 Å². The van der Waals surface area contributed by atoms with Gasteiger partial charge in [0.15, 0.2) is 11.5 Å². The van der Waals surface area contributed by atoms with Gasteiger partial charge in [0, 0.05) is 10.0 Å². The molecule has 8 nitrogen and oxygen atoms in total. The molecule has 0 N–H and O–H groups in total. The average molecular weight is 580 g/mol. The number of halogens is 2. The third kappa shape index (κ3) is 6.04. The van der Waals surface area contributed by atoms with Crippen molar-refractivity contribution in [1.29, 1.82) is 0 Å². The molecule has 1 aliphatic rings. The van der Waals surface area contributed by atoms with Crippen LogP contribution in [0.3, 0.4) is 0 Å². The second kappa shape index (κ2) is 11.1. The number of thioether (sulfide) groups is 1. The van der Waals surface area contributed by atoms with Crippen molar-refractivity contribution >= 4 is 62.3 Å². The zero-order chi connectivity index (χ0) is 26.7. The van der Waals surface area contributed by atoms with E-state index in [4.69, 9.17) is 36.9 Å². The van der Waals surface area contributed by atoms with E-state index in [1.807, 2.05) is 0 Å². The van der Waals surface area contributed by atoms with E-state index in [2.05, 4.69) is 0 Å². The molecular formula is C25H19Cl2NO7S2. The van der Waals surface area contributed by atoms with Crippen molar-refractivity contribution in [3.05, 3.63) is 86.7 Å². The first kappa shape index (κ1) is 26.9. The van der Waals surface area contributed by atoms with Crippen molar-refractivity contribution in [1.82, 2.24) is 4.90 Å². The van der Waals surface area contributed by atoms with E-state index in [0.29, 0.717) is 26.9 Å². The first-order chi connectivity index (χ1) is 17.6. The van der Waals surface area contributed by atoms with Crippen molar-refractivity contribution in [2.45, 2.75) is 11.4 Å². The van der Waals surface area contributed by atoms with Gasteiger partial charge in [-0.2, -0.15) is 8.42 Å². The van der Waals surface area contributed by atoms with E-state index >= 15 is 0 Å². The highest BCUT2D eigenvalue weighted by atomic mass is 35.5. The molecule has 12 heteroatoms. The SMILES string of the molecule is COc1ccc(S(=O)(=O)Oc2ccc(/C=C3\SC(=O)N(Cc4ccc(Cl)cc4Cl)C3=O)cc2OC)cc1. The molecule has 1 heterocycles. The van der Waals surface area contributed by atoms with Crippen molar-refractivity contribution in [3.8, 4) is 17.2 Å². The second-order valence-corrected chi connectivity index (χ2v) is 11.0. The van der Waals surface area contributed by atoms with Gasteiger partial charge in [0.25, 0.3) is 11.1 Å². The third-order valence-electron chi connectivity index (χ3n) is 5.25. The lowest BCUT2D eigenvalue weighted by Crippen LogP contribution is -2.27. The number of nitrogens with zero attached hydrogens (tertiary/aromatic N) is 1. The highest BCUT2D eigenvalue weighted by Crippen LogP contribution is 2.37. The molecule has 1 aliphatic heterocycles. The minimum Gasteiger partial charge on any atom is -0.497 e. The molecule has 1 saturated heterocycles. The number of amides is 2. The van der Waals surface area contributed by atoms with E-state index < -0.39 is 21.3 Å². The van der Waals surface area contributed by atoms with Crippen molar-refractivity contribution in [2.24, 2.45) is 0 Å². The maximum absolute atomic E-state index is 12.9. The smallest absolute Gasteiger partial charge is 0.339 e. The molecular weight excluding hydrogens is 561 g/mol. The molecule has 0 saturated carbocycles. The summed E-state index contributed by atoms with van der Waals surface area (Å²) in [7, 11) is -1.31. The molecule has 4 rings (SSSR count). The highest BCUT2D eigenvalue weighted by molar-refractivity contribution is 8.18. The van der Waals surface area contributed by atoms with Gasteiger partial charge in [0.1, 0.15) is 10.6 Å². The first-order valence-corrected chi connectivity index (χ1v) is 13.5. The summed E-state index contributed by atoms with van der Waals surface area (Å²) in [6, 6.07) is 15.0. The summed E-state index contributed by atoms with van der Waals surface area (Å²) < 4.78 is 41.0. The summed E-state index contributed by atoms with van der Waals surface area (Å²) in [4.78, 5) is 26.6. The van der Waals surface area contributed by atoms with Crippen LogP contribution in [-0.4, -0.2) is 38.7 Å². The Bertz CT molecular complexity index is 1510. The monoisotopic (exact) mass is 579 g/mol. The highest BCUT2D eigenvalue weighted by Gasteiger charge is 2.35. The minimum atomic E-state index is -4.15. The van der Waals surface area contributed by atoms with Gasteiger partial charge in [-0.1, -0.05) is 35.3 Å². The lowest BCUT2D eigenvalue weighted by molar-refractivity contribution is -0.123. The van der Waals surface area contributed by atoms with E-state index in [1.54, 1.807) is 18.2 Å². The number of rotatable bonds is 8. The van der Waals surface area contributed by atoms with Crippen LogP contribution in [0.5, 0.6) is 17.2 Å². The molecule has 37 heavy (non-hydrogen) atoms. The summed E-state index contributed by atoms with van der Waals surface area (Å²) in [5.41, 5.74) is 1.08. The molecule has 0 bridgehead atoms. The fourth-order valence-corrected chi connectivity index (χ4v) is 5.61. The van der Waals surface area contributed by atoms with Crippen LogP contribution in [-0.2, 0) is 21.5 Å². The van der Waals surface area contributed by atoms with Crippen LogP contribution < -0.4 is 13.7 Å². The summed E-state index contributed by atoms with van der Waals surface area (Å²) in [6.45, 7) is -0.00265. The number of ether oxygens (including phenoxy) is 2. The van der Waals surface area contributed by atoms with Crippen LogP contribution >= 0.6 is 35.0 Å². The summed E-state index contributed by atoms with van der Waals surface area (Å²) in [5, 5.41) is 0.348. The predicted molar refractivity (Wildman–Crippen MR) is 142 cm³/mol. The van der Waals surface area contributed by atoms with Gasteiger partial charge in [-0.25, -0.2) is 0 Å². The first-order valence-electron chi connectivity index (χ1n) is 10.6. The van der Waals surface area contributed by atoms with Crippen LogP contribution in [0.4, 0.5) is 4.79 Å². The number of methoxy groups -OCH3 is 2. The van der Waals surface area contributed by atoms with E-state index in [9.17, 15) is 18.0 Å². The molecule has 0 unspecified atom stereocenters. The number of benzene rings is 3. The fraction of sp³-hybridized carbons (Fsp3) is 0.120. The molecule has 0 aromatic heterocycles. The molecule has 192 valence electrons. The normalized spacial score (nSPS) is 14.8. The van der Waals surface area contributed by atoms with Gasteiger partial charge in [-0.05, 0) is 77.5 Å². The van der Waals surface area contributed by atoms with Gasteiger partial charge in [-0.3, -0.25) is 14.5 Å². The largest absolute Gasteiger partial charge is 0.497 e. The van der Waals surface area contributed by atoms with E-state index in [1.165, 1.54) is 62.8 Å². The van der Waals surface area contributed by atoms with Crippen LogP contribution in [0, 0.1) is 0 Å². The lowest BCUT2D eigenvalue weighted by atomic mass is 10.1. The van der Waals surface area contributed by atoms with E-state index in [0.717, 1.165) is 16.7 Å². The Labute approximate surface area is 227 Å². The molecule has 0 spiro atoms. The summed E-state index contributed by atoms with van der Waals surface area (Å²) in [5.74, 6) is 0.0999. The average Bonchev–Trinajstić information content (AvgIpc) is 3.13. The maximum atomic E-state index is 12.9. The van der Waals surface area contributed by atoms with Crippen molar-refractivity contribution in [3.63, 3.8) is 0 Å². The predicted octanol–water partition coefficient (Wildman–Crippen LogP) is 6.01. The lowest BCUT2D eigenvalue weighted by Gasteiger charge is -2.13. The van der Waals surface area contributed by atoms with Crippen LogP contribution in [0.1, 0.15) is 11.1 Å². The second-order valence-electron chi connectivity index (χ2n) is 7.63. The molecule has 0 atom stereocenters. The Morgan fingerprint density at radius 3 is 2.30 bits per heavy atom. The van der Waals surface area contributed by atoms with Crippen LogP contribution in [0.2, 0.25) is 10.0 Å². The minimum absolute atomic E-state index is 0.00265. The van der Waals surface area contributed by atoms with Gasteiger partial charge in [-0.15, -0.1) is 0 Å². The van der Waals surface area contributed by atoms with Crippen LogP contribution in [0.25, 0.3) is 6.08 Å². The number of carbonyl (C=O) groups is 2. The Balaban J connectivity index is 1.54. The summed E-state index contributed by atoms with van der Waals surface area (Å²) in [6.07, 6.45) is 1.51. The molecule has 0 radical (unpaired) electrons. The van der Waals surface area contributed by atoms with Gasteiger partial charge < -0.3 is 13.7 Å². The van der Waals surface area contributed by atoms with Crippen LogP contribution in [0.15, 0.2) is 70.5 Å². The van der Waals surface area contributed by atoms with Gasteiger partial charge >= 0.3 is 10.1 Å². The molecule has 3 aromatic carbocycles. The number of carbonyl (C=O) groups excluding carboxylic acids is 2. The van der Waals surface area contributed by atoms with Crippen molar-refractivity contribution < 1.29 is 31.7 Å². The Hall–Kier alpha value is -3.18. The Morgan fingerprint density at radius 2 is 1.65 bits per heavy atom. The third-order valence-corrected chi connectivity index (χ3v) is 7.99. The quantitative estimate of drug-likeness (QED) is 0.236. The number of hydrogen-bond acceptors (Lipinski definition) is 8. The Morgan fingerprint density at radius 1 is 0.919 bits per heavy atom. The molecule has 3 aromatic rings. The molecule has 2 amide bonds.